The molecule has 0 amide bonds. The van der Waals surface area contributed by atoms with Crippen molar-refractivity contribution in [3.63, 3.8) is 0 Å². The van der Waals surface area contributed by atoms with E-state index in [0.717, 1.165) is 6.54 Å². The number of ether oxygens (including phenoxy) is 1. The maximum atomic E-state index is 6.07. The number of hydrogen-bond donors (Lipinski definition) is 1. The van der Waals surface area contributed by atoms with Crippen molar-refractivity contribution in [3.8, 4) is 11.6 Å². The summed E-state index contributed by atoms with van der Waals surface area (Å²) in [7, 11) is 0. The molecular weight excluding hydrogens is 285 g/mol. The molecular formula is C13H13Cl2N3O. The Balaban J connectivity index is 2.30. The highest BCUT2D eigenvalue weighted by Crippen LogP contribution is 2.34. The van der Waals surface area contributed by atoms with E-state index in [2.05, 4.69) is 15.3 Å². The molecule has 19 heavy (non-hydrogen) atoms. The van der Waals surface area contributed by atoms with Crippen LogP contribution < -0.4 is 10.1 Å². The Morgan fingerprint density at radius 1 is 1.26 bits per heavy atom. The van der Waals surface area contributed by atoms with Crippen molar-refractivity contribution in [2.45, 2.75) is 13.8 Å². The van der Waals surface area contributed by atoms with Gasteiger partial charge < -0.3 is 10.1 Å². The van der Waals surface area contributed by atoms with E-state index in [4.69, 9.17) is 27.9 Å². The number of aromatic nitrogens is 2. The van der Waals surface area contributed by atoms with Crippen molar-refractivity contribution in [2.24, 2.45) is 0 Å². The molecule has 1 heterocycles. The van der Waals surface area contributed by atoms with Crippen molar-refractivity contribution in [2.75, 3.05) is 11.9 Å². The van der Waals surface area contributed by atoms with E-state index < -0.39 is 0 Å². The molecule has 6 heteroatoms. The molecule has 0 spiro atoms. The SMILES string of the molecule is CCNc1cc(Oc2cccc(Cl)c2Cl)nc(C)n1. The first-order valence-corrected chi connectivity index (χ1v) is 6.57. The molecule has 0 saturated heterocycles. The molecule has 0 saturated carbocycles. The highest BCUT2D eigenvalue weighted by atomic mass is 35.5. The number of nitrogens with zero attached hydrogens (tertiary/aromatic N) is 2. The van der Waals surface area contributed by atoms with Gasteiger partial charge in [-0.3, -0.25) is 0 Å². The third-order valence-corrected chi connectivity index (χ3v) is 3.10. The molecule has 0 aliphatic heterocycles. The van der Waals surface area contributed by atoms with E-state index in [1.54, 1.807) is 31.2 Å². The zero-order valence-electron chi connectivity index (χ0n) is 10.6. The molecule has 1 aromatic heterocycles. The maximum Gasteiger partial charge on any atom is 0.224 e. The van der Waals surface area contributed by atoms with Gasteiger partial charge in [-0.05, 0) is 26.0 Å². The predicted octanol–water partition coefficient (Wildman–Crippen LogP) is 4.32. The number of anilines is 1. The number of benzene rings is 1. The number of rotatable bonds is 4. The van der Waals surface area contributed by atoms with E-state index in [9.17, 15) is 0 Å². The van der Waals surface area contributed by atoms with Crippen LogP contribution in [0.5, 0.6) is 11.6 Å². The van der Waals surface area contributed by atoms with Crippen LogP contribution in [0, 0.1) is 6.92 Å². The first kappa shape index (κ1) is 13.9. The van der Waals surface area contributed by atoms with E-state index in [1.807, 2.05) is 6.92 Å². The van der Waals surface area contributed by atoms with Gasteiger partial charge >= 0.3 is 0 Å². The molecule has 0 aliphatic rings. The molecule has 0 bridgehead atoms. The van der Waals surface area contributed by atoms with Crippen LogP contribution in [0.3, 0.4) is 0 Å². The lowest BCUT2D eigenvalue weighted by Gasteiger charge is -2.10. The fourth-order valence-corrected chi connectivity index (χ4v) is 1.87. The predicted molar refractivity (Wildman–Crippen MR) is 77.5 cm³/mol. The van der Waals surface area contributed by atoms with Crippen molar-refractivity contribution in [3.05, 3.63) is 40.1 Å². The maximum absolute atomic E-state index is 6.07. The Bertz CT molecular complexity index is 590. The summed E-state index contributed by atoms with van der Waals surface area (Å²) in [6, 6.07) is 6.92. The lowest BCUT2D eigenvalue weighted by molar-refractivity contribution is 0.460. The second kappa shape index (κ2) is 6.08. The molecule has 4 nitrogen and oxygen atoms in total. The van der Waals surface area contributed by atoms with Gasteiger partial charge in [0.1, 0.15) is 22.4 Å². The topological polar surface area (TPSA) is 47.0 Å². The lowest BCUT2D eigenvalue weighted by Crippen LogP contribution is -2.02. The van der Waals surface area contributed by atoms with Crippen LogP contribution in [-0.2, 0) is 0 Å². The van der Waals surface area contributed by atoms with Crippen LogP contribution in [0.4, 0.5) is 5.82 Å². The van der Waals surface area contributed by atoms with Gasteiger partial charge in [0.25, 0.3) is 0 Å². The summed E-state index contributed by atoms with van der Waals surface area (Å²) in [5.74, 6) is 2.22. The average molecular weight is 298 g/mol. The van der Waals surface area contributed by atoms with Gasteiger partial charge in [0.15, 0.2) is 0 Å². The lowest BCUT2D eigenvalue weighted by atomic mass is 10.3. The van der Waals surface area contributed by atoms with Crippen LogP contribution in [0.1, 0.15) is 12.7 Å². The summed E-state index contributed by atoms with van der Waals surface area (Å²) in [5, 5.41) is 3.92. The second-order valence-electron chi connectivity index (χ2n) is 3.82. The van der Waals surface area contributed by atoms with Gasteiger partial charge in [-0.2, -0.15) is 4.98 Å². The molecule has 0 unspecified atom stereocenters. The first-order valence-electron chi connectivity index (χ1n) is 5.81. The van der Waals surface area contributed by atoms with Crippen molar-refractivity contribution in [1.82, 2.24) is 9.97 Å². The Labute approximate surface area is 121 Å². The fraction of sp³-hybridized carbons (Fsp3) is 0.231. The standard InChI is InChI=1S/C13H13Cl2N3O/c1-3-16-11-7-12(18-8(2)17-11)19-10-6-4-5-9(14)13(10)15/h4-7H,3H2,1-2H3,(H,16,17,18). The summed E-state index contributed by atoms with van der Waals surface area (Å²) in [6.45, 7) is 4.56. The van der Waals surface area contributed by atoms with Gasteiger partial charge in [-0.25, -0.2) is 4.98 Å². The monoisotopic (exact) mass is 297 g/mol. The third-order valence-electron chi connectivity index (χ3n) is 2.30. The van der Waals surface area contributed by atoms with E-state index in [0.29, 0.717) is 33.3 Å². The van der Waals surface area contributed by atoms with Crippen molar-refractivity contribution < 1.29 is 4.74 Å². The number of nitrogens with one attached hydrogen (secondary N) is 1. The zero-order chi connectivity index (χ0) is 13.8. The molecule has 0 radical (unpaired) electrons. The van der Waals surface area contributed by atoms with Crippen LogP contribution in [0.15, 0.2) is 24.3 Å². The molecule has 1 N–H and O–H groups in total. The minimum absolute atomic E-state index is 0.366. The van der Waals surface area contributed by atoms with Gasteiger partial charge in [0, 0.05) is 12.6 Å². The smallest absolute Gasteiger partial charge is 0.224 e. The van der Waals surface area contributed by atoms with Crippen LogP contribution in [0.2, 0.25) is 10.0 Å². The molecule has 100 valence electrons. The summed E-state index contributed by atoms with van der Waals surface area (Å²) in [6.07, 6.45) is 0. The quantitative estimate of drug-likeness (QED) is 0.913. The average Bonchev–Trinajstić information content (AvgIpc) is 2.35. The van der Waals surface area contributed by atoms with Crippen LogP contribution in [0.25, 0.3) is 0 Å². The molecule has 2 rings (SSSR count). The normalized spacial score (nSPS) is 10.3. The number of aryl methyl sites for hydroxylation is 1. The van der Waals surface area contributed by atoms with Crippen LogP contribution in [-0.4, -0.2) is 16.5 Å². The van der Waals surface area contributed by atoms with Gasteiger partial charge in [-0.15, -0.1) is 0 Å². The molecule has 0 aliphatic carbocycles. The summed E-state index contributed by atoms with van der Waals surface area (Å²) in [4.78, 5) is 8.45. The fourth-order valence-electron chi connectivity index (χ4n) is 1.54. The number of halogens is 2. The largest absolute Gasteiger partial charge is 0.437 e. The van der Waals surface area contributed by atoms with Crippen molar-refractivity contribution >= 4 is 29.0 Å². The summed E-state index contributed by atoms with van der Waals surface area (Å²) < 4.78 is 5.65. The number of hydrogen-bond acceptors (Lipinski definition) is 4. The van der Waals surface area contributed by atoms with E-state index in [-0.39, 0.29) is 0 Å². The second-order valence-corrected chi connectivity index (χ2v) is 4.61. The molecule has 2 aromatic rings. The van der Waals surface area contributed by atoms with Gasteiger partial charge in [0.05, 0.1) is 5.02 Å². The molecule has 0 fully saturated rings. The molecule has 0 atom stereocenters. The Morgan fingerprint density at radius 2 is 2.05 bits per heavy atom. The highest BCUT2D eigenvalue weighted by Gasteiger charge is 2.09. The molecule has 1 aromatic carbocycles. The Morgan fingerprint density at radius 3 is 2.79 bits per heavy atom. The Kier molecular flexibility index (Phi) is 4.45. The minimum Gasteiger partial charge on any atom is -0.437 e. The minimum atomic E-state index is 0.366. The van der Waals surface area contributed by atoms with Crippen molar-refractivity contribution in [1.29, 1.82) is 0 Å². The summed E-state index contributed by atoms with van der Waals surface area (Å²) >= 11 is 12.0. The third kappa shape index (κ3) is 3.49. The highest BCUT2D eigenvalue weighted by molar-refractivity contribution is 6.42. The van der Waals surface area contributed by atoms with E-state index in [1.165, 1.54) is 0 Å². The van der Waals surface area contributed by atoms with E-state index >= 15 is 0 Å². The first-order chi connectivity index (χ1) is 9.10. The Hall–Kier alpha value is -1.52. The summed E-state index contributed by atoms with van der Waals surface area (Å²) in [5.41, 5.74) is 0. The zero-order valence-corrected chi connectivity index (χ0v) is 12.1. The van der Waals surface area contributed by atoms with Crippen LogP contribution >= 0.6 is 23.2 Å². The van der Waals surface area contributed by atoms with Gasteiger partial charge in [0.2, 0.25) is 5.88 Å². The van der Waals surface area contributed by atoms with Gasteiger partial charge in [-0.1, -0.05) is 29.3 Å².